The van der Waals surface area contributed by atoms with E-state index < -0.39 is 10.0 Å². The molecule has 0 bridgehead atoms. The van der Waals surface area contributed by atoms with Gasteiger partial charge in [-0.3, -0.25) is 20.1 Å². The lowest BCUT2D eigenvalue weighted by molar-refractivity contribution is -0.0960. The number of guanidine groups is 1. The van der Waals surface area contributed by atoms with Gasteiger partial charge in [0.25, 0.3) is 0 Å². The van der Waals surface area contributed by atoms with E-state index in [0.717, 1.165) is 36.9 Å². The Morgan fingerprint density at radius 2 is 1.79 bits per heavy atom. The van der Waals surface area contributed by atoms with Crippen LogP contribution < -0.4 is 10.6 Å². The lowest BCUT2D eigenvalue weighted by Crippen LogP contribution is -2.33. The molecule has 0 atom stereocenters. The number of aliphatic imine (C=N–C) groups is 1. The van der Waals surface area contributed by atoms with E-state index in [9.17, 15) is 8.42 Å². The van der Waals surface area contributed by atoms with Gasteiger partial charge in [0.1, 0.15) is 0 Å². The van der Waals surface area contributed by atoms with Crippen LogP contribution in [0.4, 0.5) is 5.69 Å². The van der Waals surface area contributed by atoms with Gasteiger partial charge in [-0.2, -0.15) is 5.26 Å². The zero-order chi connectivity index (χ0) is 26.9. The predicted octanol–water partition coefficient (Wildman–Crippen LogP) is 5.21. The molecule has 1 fully saturated rings. The van der Waals surface area contributed by atoms with Crippen LogP contribution in [0.5, 0.6) is 0 Å². The minimum Gasteiger partial charge on any atom is -0.325 e. The molecule has 0 saturated heterocycles. The average molecular weight is 541 g/mol. The minimum absolute atomic E-state index is 0.0529. The van der Waals surface area contributed by atoms with Crippen LogP contribution in [0.15, 0.2) is 59.9 Å². The zero-order valence-corrected chi connectivity index (χ0v) is 22.9. The van der Waals surface area contributed by atoms with Crippen molar-refractivity contribution in [1.82, 2.24) is 14.8 Å². The summed E-state index contributed by atoms with van der Waals surface area (Å²) >= 11 is 0. The molecule has 0 amide bonds. The highest BCUT2D eigenvalue weighted by Gasteiger charge is 2.24. The molecule has 38 heavy (non-hydrogen) atoms. The molecule has 0 radical (unpaired) electrons. The molecule has 0 aliphatic heterocycles. The van der Waals surface area contributed by atoms with E-state index in [1.807, 2.05) is 36.5 Å². The van der Waals surface area contributed by atoms with Crippen molar-refractivity contribution in [3.05, 3.63) is 60.4 Å². The van der Waals surface area contributed by atoms with Gasteiger partial charge in [-0.25, -0.2) is 8.42 Å². The van der Waals surface area contributed by atoms with Crippen LogP contribution in [-0.2, 0) is 21.4 Å². The number of pyridine rings is 1. The summed E-state index contributed by atoms with van der Waals surface area (Å²) in [6.45, 7) is 1.18. The number of benzene rings is 1. The molecule has 206 valence electrons. The van der Waals surface area contributed by atoms with Gasteiger partial charge in [-0.05, 0) is 42.9 Å². The molecule has 2 aromatic rings. The molecule has 1 aliphatic rings. The van der Waals surface area contributed by atoms with Gasteiger partial charge < -0.3 is 5.32 Å². The molecule has 0 unspecified atom stereocenters. The van der Waals surface area contributed by atoms with E-state index in [1.165, 1.54) is 36.6 Å². The van der Waals surface area contributed by atoms with E-state index in [-0.39, 0.29) is 12.3 Å². The molecule has 1 heterocycles. The number of nitriles is 1. The Morgan fingerprint density at radius 3 is 2.53 bits per heavy atom. The predicted molar refractivity (Wildman–Crippen MR) is 150 cm³/mol. The second-order valence-electron chi connectivity index (χ2n) is 9.63. The van der Waals surface area contributed by atoms with Crippen LogP contribution in [-0.4, -0.2) is 42.7 Å². The number of sulfonamides is 1. The number of unbranched alkanes of at least 4 members (excludes halogenated alkanes) is 3. The minimum atomic E-state index is -3.55. The first-order valence-corrected chi connectivity index (χ1v) is 15.2. The van der Waals surface area contributed by atoms with Crippen molar-refractivity contribution in [3.63, 3.8) is 0 Å². The third kappa shape index (κ3) is 11.2. The van der Waals surface area contributed by atoms with E-state index in [0.29, 0.717) is 31.4 Å². The monoisotopic (exact) mass is 540 g/mol. The molecule has 10 heteroatoms. The highest BCUT2D eigenvalue weighted by atomic mass is 32.2. The third-order valence-corrected chi connectivity index (χ3v) is 8.31. The maximum absolute atomic E-state index is 13.2. The van der Waals surface area contributed by atoms with Gasteiger partial charge in [0.05, 0.1) is 18.9 Å². The number of hydrogen-bond donors (Lipinski definition) is 2. The number of anilines is 1. The van der Waals surface area contributed by atoms with Crippen molar-refractivity contribution < 1.29 is 13.3 Å². The van der Waals surface area contributed by atoms with E-state index >= 15 is 0 Å². The molecule has 1 aromatic heterocycles. The standard InChI is InChI=1S/C28H40N6O3S/c29-24-32-28(33-27-15-19-30-20-16-27)31-18-9-1-2-10-22-38(35,36)34(23-26-13-7-4-8-14-26)37-21-17-25-11-5-3-6-12-25/h4,7-8,13-16,19-20,25H,1-3,5-6,9-12,17-18,21-23H2,(H2,30,31,32,33). The normalized spacial score (nSPS) is 14.8. The Bertz CT molecular complexity index is 1100. The lowest BCUT2D eigenvalue weighted by Gasteiger charge is -2.25. The molecule has 9 nitrogen and oxygen atoms in total. The Labute approximate surface area is 227 Å². The highest BCUT2D eigenvalue weighted by Crippen LogP contribution is 2.26. The fourth-order valence-electron chi connectivity index (χ4n) is 4.53. The Balaban J connectivity index is 1.42. The first kappa shape index (κ1) is 29.6. The van der Waals surface area contributed by atoms with Crippen LogP contribution in [0.3, 0.4) is 0 Å². The SMILES string of the molecule is N#CNC(=NCCCCCCS(=O)(=O)N(Cc1ccccc1)OCCC1CCCCC1)Nc1ccncc1. The molecular formula is C28H40N6O3S. The third-order valence-electron chi connectivity index (χ3n) is 6.65. The lowest BCUT2D eigenvalue weighted by atomic mass is 9.87. The van der Waals surface area contributed by atoms with Crippen molar-refractivity contribution in [2.24, 2.45) is 10.9 Å². The fourth-order valence-corrected chi connectivity index (χ4v) is 5.88. The van der Waals surface area contributed by atoms with Crippen LogP contribution in [0.2, 0.25) is 0 Å². The molecule has 1 saturated carbocycles. The topological polar surface area (TPSA) is 120 Å². The Hall–Kier alpha value is -3.00. The van der Waals surface area contributed by atoms with Crippen LogP contribution in [0.25, 0.3) is 0 Å². The first-order chi connectivity index (χ1) is 18.6. The molecule has 1 aliphatic carbocycles. The maximum Gasteiger partial charge on any atom is 0.236 e. The quantitative estimate of drug-likeness (QED) is 0.0794. The van der Waals surface area contributed by atoms with E-state index in [2.05, 4.69) is 20.6 Å². The average Bonchev–Trinajstić information content (AvgIpc) is 2.94. The fraction of sp³-hybridized carbons (Fsp3) is 0.536. The summed E-state index contributed by atoms with van der Waals surface area (Å²) in [6.07, 6.45) is 15.3. The van der Waals surface area contributed by atoms with Crippen LogP contribution in [0, 0.1) is 17.4 Å². The van der Waals surface area contributed by atoms with Crippen LogP contribution in [0.1, 0.15) is 69.8 Å². The number of rotatable bonds is 15. The van der Waals surface area contributed by atoms with Gasteiger partial charge in [-0.15, -0.1) is 0 Å². The summed E-state index contributed by atoms with van der Waals surface area (Å²) in [5, 5.41) is 14.6. The summed E-state index contributed by atoms with van der Waals surface area (Å²) in [7, 11) is -3.55. The molecule has 3 rings (SSSR count). The van der Waals surface area contributed by atoms with Gasteiger partial charge >= 0.3 is 0 Å². The molecular weight excluding hydrogens is 500 g/mol. The number of aromatic nitrogens is 1. The molecule has 1 aromatic carbocycles. The Kier molecular flexibility index (Phi) is 13.0. The van der Waals surface area contributed by atoms with Crippen LogP contribution >= 0.6 is 0 Å². The van der Waals surface area contributed by atoms with Gasteiger partial charge in [0.15, 0.2) is 6.19 Å². The van der Waals surface area contributed by atoms with Crippen molar-refractivity contribution >= 4 is 21.7 Å². The second-order valence-corrected chi connectivity index (χ2v) is 11.6. The van der Waals surface area contributed by atoms with Crippen molar-refractivity contribution in [2.75, 3.05) is 24.2 Å². The number of hydrogen-bond acceptors (Lipinski definition) is 6. The Morgan fingerprint density at radius 1 is 1.05 bits per heavy atom. The molecule has 2 N–H and O–H groups in total. The van der Waals surface area contributed by atoms with E-state index in [1.54, 1.807) is 24.5 Å². The largest absolute Gasteiger partial charge is 0.325 e. The highest BCUT2D eigenvalue weighted by molar-refractivity contribution is 7.88. The number of nitrogens with one attached hydrogen (secondary N) is 2. The number of nitrogens with zero attached hydrogens (tertiary/aromatic N) is 4. The summed E-state index contributed by atoms with van der Waals surface area (Å²) in [5.74, 6) is 1.07. The summed E-state index contributed by atoms with van der Waals surface area (Å²) in [6, 6.07) is 13.2. The van der Waals surface area contributed by atoms with Crippen molar-refractivity contribution in [1.29, 1.82) is 5.26 Å². The summed E-state index contributed by atoms with van der Waals surface area (Å²) < 4.78 is 27.5. The van der Waals surface area contributed by atoms with Gasteiger partial charge in [0.2, 0.25) is 16.0 Å². The maximum atomic E-state index is 13.2. The first-order valence-electron chi connectivity index (χ1n) is 13.6. The second kappa shape index (κ2) is 16.8. The number of hydroxylamine groups is 1. The van der Waals surface area contributed by atoms with Gasteiger partial charge in [0, 0.05) is 24.6 Å². The molecule has 0 spiro atoms. The smallest absolute Gasteiger partial charge is 0.236 e. The van der Waals surface area contributed by atoms with Gasteiger partial charge in [-0.1, -0.05) is 79.7 Å². The van der Waals surface area contributed by atoms with E-state index in [4.69, 9.17) is 10.1 Å². The zero-order valence-electron chi connectivity index (χ0n) is 22.1. The summed E-state index contributed by atoms with van der Waals surface area (Å²) in [5.41, 5.74) is 1.70. The van der Waals surface area contributed by atoms with Crippen molar-refractivity contribution in [3.8, 4) is 6.19 Å². The van der Waals surface area contributed by atoms with Crippen molar-refractivity contribution in [2.45, 2.75) is 70.8 Å². The summed E-state index contributed by atoms with van der Waals surface area (Å²) in [4.78, 5) is 14.3.